The highest BCUT2D eigenvalue weighted by Gasteiger charge is 2.10. The second-order valence-corrected chi connectivity index (χ2v) is 8.69. The van der Waals surface area contributed by atoms with Crippen LogP contribution in [0.5, 0.6) is 0 Å². The molecular weight excluding hydrogens is 542 g/mol. The van der Waals surface area contributed by atoms with Gasteiger partial charge in [0.05, 0.1) is 0 Å². The molecule has 3 aromatic rings. The monoisotopic (exact) mass is 563 g/mol. The highest BCUT2D eigenvalue weighted by atomic mass is 79.9. The van der Waals surface area contributed by atoms with Crippen LogP contribution < -0.4 is 0 Å². The molecule has 0 radical (unpaired) electrons. The van der Waals surface area contributed by atoms with E-state index in [1.165, 1.54) is 33.4 Å². The molecule has 3 rings (SSSR count). The Morgan fingerprint density at radius 2 is 0.750 bits per heavy atom. The van der Waals surface area contributed by atoms with Gasteiger partial charge >= 0.3 is 0 Å². The summed E-state index contributed by atoms with van der Waals surface area (Å²) in [5.74, 6) is 0. The van der Waals surface area contributed by atoms with E-state index in [0.29, 0.717) is 0 Å². The normalized spacial score (nSPS) is 11.1. The van der Waals surface area contributed by atoms with Gasteiger partial charge in [-0.1, -0.05) is 121 Å². The van der Waals surface area contributed by atoms with E-state index in [1.54, 1.807) is 0 Å². The summed E-state index contributed by atoms with van der Waals surface area (Å²) in [5, 5.41) is 2.67. The van der Waals surface area contributed by atoms with Gasteiger partial charge in [0.15, 0.2) is 0 Å². The van der Waals surface area contributed by atoms with Gasteiger partial charge in [0.1, 0.15) is 0 Å². The Morgan fingerprint density at radius 1 is 0.464 bits per heavy atom. The van der Waals surface area contributed by atoms with Gasteiger partial charge in [-0.05, 0) is 33.4 Å². The van der Waals surface area contributed by atoms with E-state index in [-0.39, 0.29) is 0 Å². The summed E-state index contributed by atoms with van der Waals surface area (Å²) in [6, 6.07) is 26.5. The highest BCUT2D eigenvalue weighted by Crippen LogP contribution is 2.19. The molecule has 4 heteroatoms. The number of benzene rings is 3. The molecular formula is C24H24Br3N. The van der Waals surface area contributed by atoms with Crippen molar-refractivity contribution in [2.75, 3.05) is 0 Å². The average molecular weight is 566 g/mol. The van der Waals surface area contributed by atoms with Crippen LogP contribution >= 0.6 is 47.8 Å². The fraction of sp³-hybridized carbons (Fsp3) is 0.250. The second-order valence-electron chi connectivity index (χ2n) is 7.01. The Morgan fingerprint density at radius 3 is 1.04 bits per heavy atom. The quantitative estimate of drug-likeness (QED) is 0.242. The summed E-state index contributed by atoms with van der Waals surface area (Å²) in [7, 11) is 0. The Bertz CT molecular complexity index is 777. The van der Waals surface area contributed by atoms with Crippen LogP contribution in [0, 0.1) is 0 Å². The zero-order chi connectivity index (χ0) is 19.8. The molecule has 0 aliphatic heterocycles. The van der Waals surface area contributed by atoms with E-state index in [2.05, 4.69) is 125 Å². The van der Waals surface area contributed by atoms with Crippen molar-refractivity contribution in [1.29, 1.82) is 0 Å². The van der Waals surface area contributed by atoms with Crippen LogP contribution in [0.15, 0.2) is 72.8 Å². The molecule has 0 bridgehead atoms. The Labute approximate surface area is 193 Å². The fourth-order valence-corrected chi connectivity index (χ4v) is 4.42. The average Bonchev–Trinajstić information content (AvgIpc) is 2.74. The summed E-state index contributed by atoms with van der Waals surface area (Å²) in [6.07, 6.45) is 0. The SMILES string of the molecule is BrCc1cccc(CN(Cc2cccc(CBr)c2)Cc2cccc(CBr)c2)c1. The van der Waals surface area contributed by atoms with Crippen molar-refractivity contribution in [3.05, 3.63) is 106 Å². The van der Waals surface area contributed by atoms with Crippen LogP contribution in [0.3, 0.4) is 0 Å². The number of halogens is 3. The number of hydrogen-bond acceptors (Lipinski definition) is 1. The highest BCUT2D eigenvalue weighted by molar-refractivity contribution is 9.09. The summed E-state index contributed by atoms with van der Waals surface area (Å²) in [5.41, 5.74) is 8.01. The van der Waals surface area contributed by atoms with Crippen molar-refractivity contribution in [2.24, 2.45) is 0 Å². The zero-order valence-electron chi connectivity index (χ0n) is 15.8. The first kappa shape index (κ1) is 21.8. The maximum absolute atomic E-state index is 3.57. The third-order valence-electron chi connectivity index (χ3n) is 4.66. The van der Waals surface area contributed by atoms with Gasteiger partial charge in [-0.3, -0.25) is 4.90 Å². The van der Waals surface area contributed by atoms with Crippen LogP contribution in [0.2, 0.25) is 0 Å². The van der Waals surface area contributed by atoms with Crippen molar-refractivity contribution < 1.29 is 0 Å². The summed E-state index contributed by atoms with van der Waals surface area (Å²) in [6.45, 7) is 2.79. The van der Waals surface area contributed by atoms with Gasteiger partial charge in [-0.25, -0.2) is 0 Å². The van der Waals surface area contributed by atoms with E-state index in [9.17, 15) is 0 Å². The van der Waals surface area contributed by atoms with Gasteiger partial charge < -0.3 is 0 Å². The molecule has 0 N–H and O–H groups in total. The van der Waals surface area contributed by atoms with Crippen molar-refractivity contribution in [3.8, 4) is 0 Å². The third-order valence-corrected chi connectivity index (χ3v) is 6.60. The molecule has 1 nitrogen and oxygen atoms in total. The summed E-state index contributed by atoms with van der Waals surface area (Å²) >= 11 is 10.7. The van der Waals surface area contributed by atoms with E-state index in [4.69, 9.17) is 0 Å². The number of rotatable bonds is 9. The van der Waals surface area contributed by atoms with Crippen molar-refractivity contribution in [3.63, 3.8) is 0 Å². The lowest BCUT2D eigenvalue weighted by Gasteiger charge is -2.23. The maximum atomic E-state index is 3.57. The fourth-order valence-electron chi connectivity index (χ4n) is 3.38. The van der Waals surface area contributed by atoms with Crippen LogP contribution in [-0.2, 0) is 35.6 Å². The molecule has 0 aromatic heterocycles. The van der Waals surface area contributed by atoms with Gasteiger partial charge in [0, 0.05) is 35.6 Å². The molecule has 0 saturated carbocycles. The lowest BCUT2D eigenvalue weighted by molar-refractivity contribution is 0.247. The van der Waals surface area contributed by atoms with Gasteiger partial charge in [-0.15, -0.1) is 0 Å². The lowest BCUT2D eigenvalue weighted by Crippen LogP contribution is -2.22. The standard InChI is InChI=1S/C24H24Br3N/c25-13-19-4-1-7-22(10-19)16-28(17-23-8-2-5-20(11-23)14-26)18-24-9-3-6-21(12-24)15-27/h1-12H,13-18H2. The first-order valence-electron chi connectivity index (χ1n) is 9.34. The largest absolute Gasteiger partial charge is 0.291 e. The van der Waals surface area contributed by atoms with Crippen LogP contribution in [0.4, 0.5) is 0 Å². The lowest BCUT2D eigenvalue weighted by atomic mass is 10.1. The molecule has 0 unspecified atom stereocenters. The molecule has 146 valence electrons. The zero-order valence-corrected chi connectivity index (χ0v) is 20.5. The first-order valence-corrected chi connectivity index (χ1v) is 12.7. The molecule has 0 heterocycles. The van der Waals surface area contributed by atoms with Crippen LogP contribution in [0.1, 0.15) is 33.4 Å². The molecule has 0 atom stereocenters. The van der Waals surface area contributed by atoms with Gasteiger partial charge in [0.2, 0.25) is 0 Å². The number of nitrogens with zero attached hydrogens (tertiary/aromatic N) is 1. The first-order chi connectivity index (χ1) is 13.7. The Kier molecular flexibility index (Phi) is 8.78. The summed E-state index contributed by atoms with van der Waals surface area (Å²) in [4.78, 5) is 2.52. The van der Waals surface area contributed by atoms with Crippen molar-refractivity contribution >= 4 is 47.8 Å². The van der Waals surface area contributed by atoms with E-state index in [0.717, 1.165) is 35.6 Å². The molecule has 0 aliphatic carbocycles. The molecule has 28 heavy (non-hydrogen) atoms. The van der Waals surface area contributed by atoms with E-state index in [1.807, 2.05) is 0 Å². The van der Waals surface area contributed by atoms with Crippen LogP contribution in [0.25, 0.3) is 0 Å². The van der Waals surface area contributed by atoms with Crippen molar-refractivity contribution in [1.82, 2.24) is 4.90 Å². The molecule has 0 aliphatic rings. The Balaban J connectivity index is 1.83. The predicted octanol–water partition coefficient (Wildman–Crippen LogP) is 7.57. The third kappa shape index (κ3) is 6.55. The predicted molar refractivity (Wildman–Crippen MR) is 130 cm³/mol. The minimum atomic E-state index is 0.890. The molecule has 0 saturated heterocycles. The smallest absolute Gasteiger partial charge is 0.0283 e. The summed E-state index contributed by atoms with van der Waals surface area (Å²) < 4.78 is 0. The minimum absolute atomic E-state index is 0.890. The van der Waals surface area contributed by atoms with E-state index < -0.39 is 0 Å². The minimum Gasteiger partial charge on any atom is -0.291 e. The molecule has 0 amide bonds. The van der Waals surface area contributed by atoms with Gasteiger partial charge in [0.25, 0.3) is 0 Å². The van der Waals surface area contributed by atoms with Crippen LogP contribution in [-0.4, -0.2) is 4.90 Å². The molecule has 3 aromatic carbocycles. The molecule has 0 fully saturated rings. The maximum Gasteiger partial charge on any atom is 0.0283 e. The second kappa shape index (κ2) is 11.3. The van der Waals surface area contributed by atoms with Gasteiger partial charge in [-0.2, -0.15) is 0 Å². The van der Waals surface area contributed by atoms with E-state index >= 15 is 0 Å². The van der Waals surface area contributed by atoms with Crippen molar-refractivity contribution in [2.45, 2.75) is 35.6 Å². The number of alkyl halides is 3. The Hall–Kier alpha value is -0.940. The molecule has 0 spiro atoms. The topological polar surface area (TPSA) is 3.24 Å². The number of hydrogen-bond donors (Lipinski definition) is 0.